The molecule has 2 heterocycles. The quantitative estimate of drug-likeness (QED) is 0.797. The van der Waals surface area contributed by atoms with E-state index < -0.39 is 0 Å². The molecule has 2 rings (SSSR count). The molecule has 2 aromatic rings. The number of carbonyl (C=O) groups excluding carboxylic acids is 1. The van der Waals surface area contributed by atoms with Gasteiger partial charge in [0.1, 0.15) is 6.04 Å². The van der Waals surface area contributed by atoms with E-state index in [9.17, 15) is 4.79 Å². The van der Waals surface area contributed by atoms with Crippen LogP contribution in [-0.2, 0) is 11.3 Å². The number of hydrogen-bond acceptors (Lipinski definition) is 3. The lowest BCUT2D eigenvalue weighted by Crippen LogP contribution is -2.33. The zero-order chi connectivity index (χ0) is 16.3. The highest BCUT2D eigenvalue weighted by Crippen LogP contribution is 2.19. The van der Waals surface area contributed by atoms with Crippen molar-refractivity contribution in [3.63, 3.8) is 0 Å². The summed E-state index contributed by atoms with van der Waals surface area (Å²) >= 11 is 3.52. The SMILES string of the molecule is Cc1nn(CCCNC(=O)C(C)n2nccc2C)c(C)c1Br. The smallest absolute Gasteiger partial charge is 0.244 e. The molecular formula is C15H22BrN5O. The number of rotatable bonds is 6. The second kappa shape index (κ2) is 7.09. The second-order valence-electron chi connectivity index (χ2n) is 5.45. The molecule has 0 spiro atoms. The van der Waals surface area contributed by atoms with Gasteiger partial charge >= 0.3 is 0 Å². The predicted molar refractivity (Wildman–Crippen MR) is 88.7 cm³/mol. The Hall–Kier alpha value is -1.63. The molecule has 2 aromatic heterocycles. The van der Waals surface area contributed by atoms with Crippen LogP contribution in [0.1, 0.15) is 36.5 Å². The predicted octanol–water partition coefficient (Wildman–Crippen LogP) is 2.53. The molecule has 0 aliphatic rings. The van der Waals surface area contributed by atoms with E-state index in [-0.39, 0.29) is 11.9 Å². The van der Waals surface area contributed by atoms with Gasteiger partial charge in [-0.25, -0.2) is 0 Å². The maximum absolute atomic E-state index is 12.1. The van der Waals surface area contributed by atoms with Gasteiger partial charge in [-0.2, -0.15) is 10.2 Å². The summed E-state index contributed by atoms with van der Waals surface area (Å²) in [7, 11) is 0. The van der Waals surface area contributed by atoms with Crippen LogP contribution in [0.5, 0.6) is 0 Å². The van der Waals surface area contributed by atoms with Crippen LogP contribution < -0.4 is 5.32 Å². The van der Waals surface area contributed by atoms with Gasteiger partial charge in [-0.3, -0.25) is 14.2 Å². The van der Waals surface area contributed by atoms with Crippen LogP contribution in [0.15, 0.2) is 16.7 Å². The molecule has 0 fully saturated rings. The summed E-state index contributed by atoms with van der Waals surface area (Å²) in [5.41, 5.74) is 3.09. The van der Waals surface area contributed by atoms with E-state index in [1.54, 1.807) is 10.9 Å². The Morgan fingerprint density at radius 3 is 2.68 bits per heavy atom. The lowest BCUT2D eigenvalue weighted by molar-refractivity contribution is -0.124. The van der Waals surface area contributed by atoms with Gasteiger partial charge in [0.15, 0.2) is 0 Å². The van der Waals surface area contributed by atoms with Crippen LogP contribution in [0.4, 0.5) is 0 Å². The average Bonchev–Trinajstić information content (AvgIpc) is 3.02. The van der Waals surface area contributed by atoms with E-state index in [4.69, 9.17) is 0 Å². The van der Waals surface area contributed by atoms with E-state index in [1.165, 1.54) is 0 Å². The first kappa shape index (κ1) is 16.7. The number of nitrogens with zero attached hydrogens (tertiary/aromatic N) is 4. The Morgan fingerprint density at radius 2 is 2.14 bits per heavy atom. The highest BCUT2D eigenvalue weighted by atomic mass is 79.9. The van der Waals surface area contributed by atoms with Gasteiger partial charge in [0.05, 0.1) is 10.2 Å². The number of aryl methyl sites for hydroxylation is 3. The van der Waals surface area contributed by atoms with Crippen molar-refractivity contribution < 1.29 is 4.79 Å². The Bertz CT molecular complexity index is 661. The van der Waals surface area contributed by atoms with Crippen molar-refractivity contribution in [2.75, 3.05) is 6.54 Å². The van der Waals surface area contributed by atoms with Crippen molar-refractivity contribution in [3.8, 4) is 0 Å². The molecule has 0 aliphatic heterocycles. The van der Waals surface area contributed by atoms with Gasteiger partial charge in [0, 0.05) is 30.7 Å². The number of amides is 1. The molecule has 1 N–H and O–H groups in total. The molecule has 0 saturated carbocycles. The number of carbonyl (C=O) groups is 1. The first-order valence-electron chi connectivity index (χ1n) is 7.39. The standard InChI is InChI=1S/C15H22BrN5O/c1-10-6-8-18-21(10)13(4)15(22)17-7-5-9-20-12(3)14(16)11(2)19-20/h6,8,13H,5,7,9H2,1-4H3,(H,17,22). The molecule has 120 valence electrons. The lowest BCUT2D eigenvalue weighted by atomic mass is 10.3. The summed E-state index contributed by atoms with van der Waals surface area (Å²) in [6, 6.07) is 1.60. The Balaban J connectivity index is 1.80. The largest absolute Gasteiger partial charge is 0.354 e. The van der Waals surface area contributed by atoms with E-state index >= 15 is 0 Å². The Labute approximate surface area is 139 Å². The highest BCUT2D eigenvalue weighted by molar-refractivity contribution is 9.10. The molecule has 7 heteroatoms. The first-order valence-corrected chi connectivity index (χ1v) is 8.18. The van der Waals surface area contributed by atoms with Crippen LogP contribution in [0.2, 0.25) is 0 Å². The van der Waals surface area contributed by atoms with Crippen molar-refractivity contribution in [1.29, 1.82) is 0 Å². The third kappa shape index (κ3) is 3.58. The van der Waals surface area contributed by atoms with E-state index in [1.807, 2.05) is 38.4 Å². The number of nitrogens with one attached hydrogen (secondary N) is 1. The third-order valence-corrected chi connectivity index (χ3v) is 4.90. The molecule has 0 bridgehead atoms. The van der Waals surface area contributed by atoms with Crippen LogP contribution in [-0.4, -0.2) is 32.0 Å². The average molecular weight is 368 g/mol. The summed E-state index contributed by atoms with van der Waals surface area (Å²) < 4.78 is 4.75. The molecule has 0 aliphatic carbocycles. The monoisotopic (exact) mass is 367 g/mol. The van der Waals surface area contributed by atoms with Gasteiger partial charge in [-0.05, 0) is 56.1 Å². The van der Waals surface area contributed by atoms with Gasteiger partial charge in [-0.1, -0.05) is 0 Å². The van der Waals surface area contributed by atoms with E-state index in [2.05, 4.69) is 31.4 Å². The molecule has 1 amide bonds. The van der Waals surface area contributed by atoms with Gasteiger partial charge in [0.25, 0.3) is 0 Å². The second-order valence-corrected chi connectivity index (χ2v) is 6.24. The lowest BCUT2D eigenvalue weighted by Gasteiger charge is -2.14. The fraction of sp³-hybridized carbons (Fsp3) is 0.533. The summed E-state index contributed by atoms with van der Waals surface area (Å²) in [4.78, 5) is 12.1. The zero-order valence-corrected chi connectivity index (χ0v) is 15.0. The van der Waals surface area contributed by atoms with Crippen molar-refractivity contribution in [2.24, 2.45) is 0 Å². The van der Waals surface area contributed by atoms with Gasteiger partial charge in [0.2, 0.25) is 5.91 Å². The molecule has 0 aromatic carbocycles. The fourth-order valence-corrected chi connectivity index (χ4v) is 2.66. The number of halogens is 1. The normalized spacial score (nSPS) is 12.4. The molecule has 0 radical (unpaired) electrons. The maximum atomic E-state index is 12.1. The van der Waals surface area contributed by atoms with Crippen LogP contribution >= 0.6 is 15.9 Å². The minimum Gasteiger partial charge on any atom is -0.354 e. The molecule has 6 nitrogen and oxygen atoms in total. The van der Waals surface area contributed by atoms with Gasteiger partial charge < -0.3 is 5.32 Å². The van der Waals surface area contributed by atoms with Crippen LogP contribution in [0.25, 0.3) is 0 Å². The summed E-state index contributed by atoms with van der Waals surface area (Å²) in [5.74, 6) is -0.0126. The summed E-state index contributed by atoms with van der Waals surface area (Å²) in [6.45, 7) is 9.22. The van der Waals surface area contributed by atoms with Crippen molar-refractivity contribution >= 4 is 21.8 Å². The van der Waals surface area contributed by atoms with E-state index in [0.717, 1.165) is 34.5 Å². The Kier molecular flexibility index (Phi) is 5.39. The summed E-state index contributed by atoms with van der Waals surface area (Å²) in [5, 5.41) is 11.6. The van der Waals surface area contributed by atoms with Crippen molar-refractivity contribution in [1.82, 2.24) is 24.9 Å². The van der Waals surface area contributed by atoms with E-state index in [0.29, 0.717) is 6.54 Å². The molecule has 1 atom stereocenters. The summed E-state index contributed by atoms with van der Waals surface area (Å²) in [6.07, 6.45) is 2.55. The molecule has 0 saturated heterocycles. The minimum atomic E-state index is -0.294. The van der Waals surface area contributed by atoms with Crippen molar-refractivity contribution in [2.45, 2.75) is 46.7 Å². The fourth-order valence-electron chi connectivity index (χ4n) is 2.38. The third-order valence-electron chi connectivity index (χ3n) is 3.75. The zero-order valence-electron chi connectivity index (χ0n) is 13.4. The first-order chi connectivity index (χ1) is 10.4. The van der Waals surface area contributed by atoms with Crippen LogP contribution in [0, 0.1) is 20.8 Å². The maximum Gasteiger partial charge on any atom is 0.244 e. The van der Waals surface area contributed by atoms with Crippen LogP contribution in [0.3, 0.4) is 0 Å². The molecular weight excluding hydrogens is 346 g/mol. The molecule has 22 heavy (non-hydrogen) atoms. The number of aromatic nitrogens is 4. The molecule has 1 unspecified atom stereocenters. The van der Waals surface area contributed by atoms with Crippen molar-refractivity contribution in [3.05, 3.63) is 33.8 Å². The highest BCUT2D eigenvalue weighted by Gasteiger charge is 2.16. The number of hydrogen-bond donors (Lipinski definition) is 1. The minimum absolute atomic E-state index is 0.0126. The van der Waals surface area contributed by atoms with Gasteiger partial charge in [-0.15, -0.1) is 0 Å². The topological polar surface area (TPSA) is 64.7 Å². The Morgan fingerprint density at radius 1 is 1.41 bits per heavy atom.